The summed E-state index contributed by atoms with van der Waals surface area (Å²) >= 11 is 0. The third-order valence-corrected chi connectivity index (χ3v) is 3.30. The molecule has 0 fully saturated rings. The molecule has 0 radical (unpaired) electrons. The zero-order valence-electron chi connectivity index (χ0n) is 10.7. The fourth-order valence-corrected chi connectivity index (χ4v) is 2.26. The van der Waals surface area contributed by atoms with Crippen molar-refractivity contribution in [1.29, 1.82) is 0 Å². The molecule has 21 heavy (non-hydrogen) atoms. The van der Waals surface area contributed by atoms with Crippen molar-refractivity contribution in [2.45, 2.75) is 12.2 Å². The molecule has 0 aliphatic carbocycles. The summed E-state index contributed by atoms with van der Waals surface area (Å²) in [6.07, 6.45) is -4.43. The van der Waals surface area contributed by atoms with Gasteiger partial charge in [0.2, 0.25) is 0 Å². The van der Waals surface area contributed by atoms with Crippen molar-refractivity contribution >= 4 is 17.3 Å². The van der Waals surface area contributed by atoms with E-state index in [0.717, 1.165) is 17.7 Å². The highest BCUT2D eigenvalue weighted by Gasteiger charge is 2.33. The minimum absolute atomic E-state index is 0.141. The summed E-state index contributed by atoms with van der Waals surface area (Å²) in [6, 6.07) is 11.6. The van der Waals surface area contributed by atoms with Gasteiger partial charge in [0.25, 0.3) is 5.91 Å². The summed E-state index contributed by atoms with van der Waals surface area (Å²) in [5.74, 6) is -0.381. The normalized spacial score (nSPS) is 17.7. The number of carbonyl (C=O) groups excluding carboxylic acids is 1. The third-order valence-electron chi connectivity index (χ3n) is 3.30. The van der Waals surface area contributed by atoms with Gasteiger partial charge in [-0.25, -0.2) is 0 Å². The number of amides is 1. The highest BCUT2D eigenvalue weighted by Crippen LogP contribution is 2.37. The minimum Gasteiger partial charge on any atom is -0.368 e. The van der Waals surface area contributed by atoms with E-state index < -0.39 is 17.8 Å². The van der Waals surface area contributed by atoms with E-state index in [9.17, 15) is 18.0 Å². The van der Waals surface area contributed by atoms with Crippen LogP contribution in [0.3, 0.4) is 0 Å². The number of fused-ring (bicyclic) bond motifs is 1. The molecule has 0 saturated heterocycles. The van der Waals surface area contributed by atoms with Gasteiger partial charge in [-0.3, -0.25) is 4.79 Å². The molecule has 1 unspecified atom stereocenters. The van der Waals surface area contributed by atoms with E-state index in [1.54, 1.807) is 24.3 Å². The number of hydrogen-bond acceptors (Lipinski definition) is 2. The molecule has 108 valence electrons. The largest absolute Gasteiger partial charge is 0.416 e. The summed E-state index contributed by atoms with van der Waals surface area (Å²) in [7, 11) is 0. The lowest BCUT2D eigenvalue weighted by molar-refractivity contribution is -0.137. The molecule has 0 bridgehead atoms. The maximum Gasteiger partial charge on any atom is 0.416 e. The average Bonchev–Trinajstić information content (AvgIpc) is 2.46. The van der Waals surface area contributed by atoms with Gasteiger partial charge in [0, 0.05) is 0 Å². The molecule has 2 aromatic rings. The van der Waals surface area contributed by atoms with Crippen LogP contribution in [0.25, 0.3) is 0 Å². The van der Waals surface area contributed by atoms with Crippen molar-refractivity contribution in [2.24, 2.45) is 0 Å². The molecule has 0 saturated carbocycles. The van der Waals surface area contributed by atoms with Gasteiger partial charge in [-0.15, -0.1) is 0 Å². The second-order valence-electron chi connectivity index (χ2n) is 4.74. The molecular weight excluding hydrogens is 281 g/mol. The van der Waals surface area contributed by atoms with Gasteiger partial charge in [-0.1, -0.05) is 30.3 Å². The Balaban J connectivity index is 1.95. The van der Waals surface area contributed by atoms with E-state index in [2.05, 4.69) is 10.6 Å². The lowest BCUT2D eigenvalue weighted by Gasteiger charge is -2.27. The second kappa shape index (κ2) is 4.80. The number of carbonyl (C=O) groups is 1. The smallest absolute Gasteiger partial charge is 0.368 e. The van der Waals surface area contributed by atoms with Gasteiger partial charge in [0.1, 0.15) is 6.04 Å². The zero-order chi connectivity index (χ0) is 15.0. The molecule has 2 aromatic carbocycles. The van der Waals surface area contributed by atoms with Gasteiger partial charge in [0.15, 0.2) is 0 Å². The maximum absolute atomic E-state index is 12.7. The van der Waals surface area contributed by atoms with Crippen molar-refractivity contribution < 1.29 is 18.0 Å². The minimum atomic E-state index is -4.43. The fraction of sp³-hybridized carbons (Fsp3) is 0.133. The molecule has 1 heterocycles. The molecule has 1 amide bonds. The van der Waals surface area contributed by atoms with Gasteiger partial charge >= 0.3 is 6.18 Å². The van der Waals surface area contributed by atoms with Gasteiger partial charge in [0.05, 0.1) is 16.9 Å². The number of rotatable bonds is 1. The summed E-state index contributed by atoms with van der Waals surface area (Å²) in [5.41, 5.74) is 0.570. The third kappa shape index (κ3) is 2.56. The van der Waals surface area contributed by atoms with Crippen molar-refractivity contribution in [3.8, 4) is 0 Å². The zero-order valence-corrected chi connectivity index (χ0v) is 10.7. The molecule has 2 N–H and O–H groups in total. The highest BCUT2D eigenvalue weighted by atomic mass is 19.4. The highest BCUT2D eigenvalue weighted by molar-refractivity contribution is 6.03. The van der Waals surface area contributed by atoms with Crippen molar-refractivity contribution in [3.63, 3.8) is 0 Å². The van der Waals surface area contributed by atoms with E-state index >= 15 is 0 Å². The molecule has 6 heteroatoms. The molecule has 3 nitrogen and oxygen atoms in total. The number of hydrogen-bond donors (Lipinski definition) is 2. The van der Waals surface area contributed by atoms with Crippen molar-refractivity contribution in [1.82, 2.24) is 0 Å². The van der Waals surface area contributed by atoms with Crippen LogP contribution in [-0.4, -0.2) is 5.91 Å². The first-order valence-corrected chi connectivity index (χ1v) is 6.29. The number of nitrogens with one attached hydrogen (secondary N) is 2. The Labute approximate surface area is 118 Å². The summed E-state index contributed by atoms with van der Waals surface area (Å²) in [5, 5.41) is 5.48. The Hall–Kier alpha value is -2.50. The number of alkyl halides is 3. The second-order valence-corrected chi connectivity index (χ2v) is 4.74. The van der Waals surface area contributed by atoms with Crippen LogP contribution in [0.15, 0.2) is 48.5 Å². The predicted molar refractivity (Wildman–Crippen MR) is 72.9 cm³/mol. The summed E-state index contributed by atoms with van der Waals surface area (Å²) in [6.45, 7) is 0. The lowest BCUT2D eigenvalue weighted by Crippen LogP contribution is -2.32. The number of benzene rings is 2. The standard InChI is InChI=1S/C15H11F3N2O/c16-15(17,18)10-6-7-11-12(8-10)20-14(21)13(19-11)9-4-2-1-3-5-9/h1-8,13,19H,(H,20,21). The molecule has 1 atom stereocenters. The van der Waals surface area contributed by atoms with Crippen LogP contribution in [0.1, 0.15) is 17.2 Å². The van der Waals surface area contributed by atoms with Crippen molar-refractivity contribution in [3.05, 3.63) is 59.7 Å². The average molecular weight is 292 g/mol. The monoisotopic (exact) mass is 292 g/mol. The Morgan fingerprint density at radius 3 is 2.33 bits per heavy atom. The molecule has 3 rings (SSSR count). The molecule has 0 spiro atoms. The van der Waals surface area contributed by atoms with E-state index in [4.69, 9.17) is 0 Å². The van der Waals surface area contributed by atoms with E-state index in [-0.39, 0.29) is 11.6 Å². The summed E-state index contributed by atoms with van der Waals surface area (Å²) in [4.78, 5) is 12.1. The van der Waals surface area contributed by atoms with E-state index in [1.165, 1.54) is 6.07 Å². The first-order valence-electron chi connectivity index (χ1n) is 6.29. The molecular formula is C15H11F3N2O. The first-order chi connectivity index (χ1) is 9.95. The lowest BCUT2D eigenvalue weighted by atomic mass is 10.0. The topological polar surface area (TPSA) is 41.1 Å². The summed E-state index contributed by atoms with van der Waals surface area (Å²) < 4.78 is 38.0. The van der Waals surface area contributed by atoms with Crippen LogP contribution in [0.5, 0.6) is 0 Å². The van der Waals surface area contributed by atoms with Crippen LogP contribution in [0, 0.1) is 0 Å². The van der Waals surface area contributed by atoms with Crippen LogP contribution in [0.2, 0.25) is 0 Å². The van der Waals surface area contributed by atoms with Gasteiger partial charge < -0.3 is 10.6 Å². The van der Waals surface area contributed by atoms with Gasteiger partial charge in [-0.05, 0) is 23.8 Å². The Morgan fingerprint density at radius 1 is 0.952 bits per heavy atom. The molecule has 0 aromatic heterocycles. The van der Waals surface area contributed by atoms with Crippen LogP contribution in [0.4, 0.5) is 24.5 Å². The fourth-order valence-electron chi connectivity index (χ4n) is 2.26. The van der Waals surface area contributed by atoms with E-state index in [1.807, 2.05) is 6.07 Å². The Morgan fingerprint density at radius 2 is 1.67 bits per heavy atom. The number of anilines is 2. The predicted octanol–water partition coefficient (Wildman–Crippen LogP) is 3.81. The Bertz CT molecular complexity index is 683. The van der Waals surface area contributed by atoms with Gasteiger partial charge in [-0.2, -0.15) is 13.2 Å². The Kier molecular flexibility index (Phi) is 3.08. The van der Waals surface area contributed by atoms with Crippen LogP contribution < -0.4 is 10.6 Å². The maximum atomic E-state index is 12.7. The quantitative estimate of drug-likeness (QED) is 0.839. The first kappa shape index (κ1) is 13.5. The SMILES string of the molecule is O=C1Nc2cc(C(F)(F)F)ccc2NC1c1ccccc1. The van der Waals surface area contributed by atoms with E-state index in [0.29, 0.717) is 5.69 Å². The number of halogens is 3. The van der Waals surface area contributed by atoms with Crippen LogP contribution >= 0.6 is 0 Å². The van der Waals surface area contributed by atoms with Crippen molar-refractivity contribution in [2.75, 3.05) is 10.6 Å². The van der Waals surface area contributed by atoms with Crippen LogP contribution in [-0.2, 0) is 11.0 Å². The molecule has 1 aliphatic rings. The molecule has 1 aliphatic heterocycles.